The average molecular weight is 411 g/mol. The number of hydrogen-bond acceptors (Lipinski definition) is 6. The molecule has 1 aliphatic heterocycles. The maximum Gasteiger partial charge on any atom is 0.272 e. The van der Waals surface area contributed by atoms with Crippen molar-refractivity contribution in [3.8, 4) is 5.82 Å². The van der Waals surface area contributed by atoms with E-state index in [1.807, 2.05) is 4.68 Å². The van der Waals surface area contributed by atoms with Crippen LogP contribution in [0.2, 0.25) is 0 Å². The molecule has 2 aliphatic carbocycles. The van der Waals surface area contributed by atoms with Crippen molar-refractivity contribution in [3.05, 3.63) is 35.5 Å². The summed E-state index contributed by atoms with van der Waals surface area (Å²) in [5.74, 6) is 1.76. The molecule has 3 atom stereocenters. The predicted octanol–water partition coefficient (Wildman–Crippen LogP) is 1.80. The highest BCUT2D eigenvalue weighted by Gasteiger charge is 2.50. The Morgan fingerprint density at radius 3 is 2.80 bits per heavy atom. The van der Waals surface area contributed by atoms with E-state index in [4.69, 9.17) is 9.84 Å². The quantitative estimate of drug-likeness (QED) is 0.809. The summed E-state index contributed by atoms with van der Waals surface area (Å²) >= 11 is 0. The molecule has 1 saturated heterocycles. The van der Waals surface area contributed by atoms with Gasteiger partial charge < -0.3 is 10.1 Å². The van der Waals surface area contributed by atoms with Gasteiger partial charge in [0.1, 0.15) is 0 Å². The van der Waals surface area contributed by atoms with E-state index in [-0.39, 0.29) is 17.4 Å². The van der Waals surface area contributed by atoms with Gasteiger partial charge in [0, 0.05) is 49.6 Å². The minimum Gasteiger partial charge on any atom is -0.379 e. The van der Waals surface area contributed by atoms with Crippen LogP contribution in [0.4, 0.5) is 0 Å². The molecule has 0 unspecified atom stereocenters. The first-order valence-electron chi connectivity index (χ1n) is 10.9. The normalized spacial score (nSPS) is 24.2. The first-order chi connectivity index (χ1) is 14.4. The molecule has 3 aliphatic rings. The van der Waals surface area contributed by atoms with Gasteiger partial charge in [0.05, 0.1) is 25.1 Å². The summed E-state index contributed by atoms with van der Waals surface area (Å²) in [7, 11) is 0. The van der Waals surface area contributed by atoms with Crippen LogP contribution < -0.4 is 5.32 Å². The largest absolute Gasteiger partial charge is 0.379 e. The third-order valence-electron chi connectivity index (χ3n) is 6.64. The van der Waals surface area contributed by atoms with Crippen molar-refractivity contribution >= 4 is 5.91 Å². The lowest BCUT2D eigenvalue weighted by Gasteiger charge is -2.37. The van der Waals surface area contributed by atoms with Crippen molar-refractivity contribution < 1.29 is 9.53 Å². The van der Waals surface area contributed by atoms with Crippen LogP contribution in [0, 0.1) is 11.3 Å². The van der Waals surface area contributed by atoms with Crippen molar-refractivity contribution in [1.29, 1.82) is 0 Å². The number of carbonyl (C=O) groups is 1. The zero-order chi connectivity index (χ0) is 20.9. The lowest BCUT2D eigenvalue weighted by Crippen LogP contribution is -2.52. The zero-order valence-electron chi connectivity index (χ0n) is 18.0. The second-order valence-electron chi connectivity index (χ2n) is 9.80. The Labute approximate surface area is 177 Å². The van der Waals surface area contributed by atoms with E-state index in [9.17, 15) is 4.79 Å². The van der Waals surface area contributed by atoms with E-state index in [1.165, 1.54) is 6.42 Å². The number of aromatic nitrogens is 4. The number of amides is 1. The molecule has 0 aromatic carbocycles. The molecule has 2 fully saturated rings. The molecule has 0 bridgehead atoms. The van der Waals surface area contributed by atoms with Crippen molar-refractivity contribution in [3.63, 3.8) is 0 Å². The second kappa shape index (κ2) is 7.42. The number of morpholine rings is 1. The first kappa shape index (κ1) is 19.6. The van der Waals surface area contributed by atoms with Gasteiger partial charge >= 0.3 is 0 Å². The van der Waals surface area contributed by atoms with Gasteiger partial charge in [-0.2, -0.15) is 5.10 Å². The van der Waals surface area contributed by atoms with Crippen LogP contribution in [-0.4, -0.2) is 69.4 Å². The number of nitrogens with zero attached hydrogens (tertiary/aromatic N) is 5. The Bertz CT molecular complexity index is 929. The number of carbonyl (C=O) groups excluding carboxylic acids is 1. The summed E-state index contributed by atoms with van der Waals surface area (Å²) in [5, 5.41) is 8.04. The lowest BCUT2D eigenvalue weighted by molar-refractivity contribution is 0.0260. The van der Waals surface area contributed by atoms with Crippen LogP contribution in [0.3, 0.4) is 0 Å². The molecule has 1 amide bonds. The summed E-state index contributed by atoms with van der Waals surface area (Å²) in [6.45, 7) is 10.7. The fourth-order valence-electron chi connectivity index (χ4n) is 4.68. The van der Waals surface area contributed by atoms with Gasteiger partial charge in [-0.05, 0) is 24.2 Å². The van der Waals surface area contributed by atoms with Gasteiger partial charge in [0.25, 0.3) is 5.91 Å². The van der Waals surface area contributed by atoms with Crippen molar-refractivity contribution in [2.24, 2.45) is 11.3 Å². The molecule has 1 saturated carbocycles. The Morgan fingerprint density at radius 2 is 2.10 bits per heavy atom. The highest BCUT2D eigenvalue weighted by Crippen LogP contribution is 2.57. The lowest BCUT2D eigenvalue weighted by atomic mass is 9.86. The third kappa shape index (κ3) is 3.63. The van der Waals surface area contributed by atoms with Crippen LogP contribution in [0.25, 0.3) is 5.82 Å². The van der Waals surface area contributed by atoms with Gasteiger partial charge in [-0.25, -0.2) is 9.67 Å². The molecule has 1 N–H and O–H groups in total. The van der Waals surface area contributed by atoms with E-state index < -0.39 is 0 Å². The summed E-state index contributed by atoms with van der Waals surface area (Å²) < 4.78 is 7.32. The number of ether oxygens (including phenoxy) is 1. The molecule has 0 radical (unpaired) electrons. The molecule has 0 spiro atoms. The van der Waals surface area contributed by atoms with E-state index in [0.29, 0.717) is 23.3 Å². The van der Waals surface area contributed by atoms with Crippen LogP contribution in [0.15, 0.2) is 18.6 Å². The van der Waals surface area contributed by atoms with Crippen LogP contribution in [-0.2, 0) is 11.2 Å². The van der Waals surface area contributed by atoms with Gasteiger partial charge in [-0.1, -0.05) is 20.8 Å². The summed E-state index contributed by atoms with van der Waals surface area (Å²) in [5.41, 5.74) is 2.75. The fraction of sp³-hybridized carbons (Fsp3) is 0.636. The maximum atomic E-state index is 13.4. The summed E-state index contributed by atoms with van der Waals surface area (Å²) in [4.78, 5) is 24.4. The first-order valence-corrected chi connectivity index (χ1v) is 10.9. The highest BCUT2D eigenvalue weighted by molar-refractivity contribution is 5.94. The molecule has 8 heteroatoms. The average Bonchev–Trinajstić information content (AvgIpc) is 3.23. The predicted molar refractivity (Wildman–Crippen MR) is 112 cm³/mol. The minimum absolute atomic E-state index is 0.0244. The van der Waals surface area contributed by atoms with E-state index in [2.05, 4.69) is 41.0 Å². The maximum absolute atomic E-state index is 13.4. The topological polar surface area (TPSA) is 85.2 Å². The minimum atomic E-state index is -0.0802. The number of rotatable bonds is 5. The molecule has 2 aromatic rings. The number of nitrogens with one attached hydrogen (secondary N) is 1. The molecule has 160 valence electrons. The zero-order valence-corrected chi connectivity index (χ0v) is 18.0. The smallest absolute Gasteiger partial charge is 0.272 e. The molecule has 8 nitrogen and oxygen atoms in total. The van der Waals surface area contributed by atoms with Crippen molar-refractivity contribution in [2.45, 2.75) is 45.6 Å². The van der Waals surface area contributed by atoms with Gasteiger partial charge in [-0.15, -0.1) is 0 Å². The van der Waals surface area contributed by atoms with Crippen LogP contribution in [0.1, 0.15) is 54.9 Å². The molecule has 5 rings (SSSR count). The molecule has 2 aromatic heterocycles. The van der Waals surface area contributed by atoms with Gasteiger partial charge in [0.2, 0.25) is 0 Å². The highest BCUT2D eigenvalue weighted by atomic mass is 16.5. The van der Waals surface area contributed by atoms with Gasteiger partial charge in [0.15, 0.2) is 11.5 Å². The third-order valence-corrected chi connectivity index (χ3v) is 6.64. The van der Waals surface area contributed by atoms with E-state index >= 15 is 0 Å². The van der Waals surface area contributed by atoms with Crippen molar-refractivity contribution in [1.82, 2.24) is 30.0 Å². The van der Waals surface area contributed by atoms with Crippen LogP contribution >= 0.6 is 0 Å². The molecule has 30 heavy (non-hydrogen) atoms. The Hall–Kier alpha value is -2.32. The van der Waals surface area contributed by atoms with E-state index in [1.54, 1.807) is 18.6 Å². The summed E-state index contributed by atoms with van der Waals surface area (Å²) in [6, 6.07) is 0.0244. The van der Waals surface area contributed by atoms with Crippen LogP contribution in [0.5, 0.6) is 0 Å². The number of fused-ring (bicyclic) bond motifs is 3. The molecule has 3 heterocycles. The Kier molecular flexibility index (Phi) is 4.86. The van der Waals surface area contributed by atoms with E-state index in [0.717, 1.165) is 50.5 Å². The van der Waals surface area contributed by atoms with Gasteiger partial charge in [-0.3, -0.25) is 14.7 Å². The molecular weight excluding hydrogens is 380 g/mol. The Morgan fingerprint density at radius 1 is 1.30 bits per heavy atom. The summed E-state index contributed by atoms with van der Waals surface area (Å²) in [6.07, 6.45) is 7.15. The number of hydrogen-bond donors (Lipinski definition) is 1. The standard InChI is InChI=1S/C22H30N6O2/c1-22(2,3)17(13-27-6-8-30-9-7-27)25-21(29)19-16-11-14-10-15(14)20(16)28(26-19)18-12-23-4-5-24-18/h4-5,12,14-15,17H,6-11,13H2,1-3H3,(H,25,29)/t14-,15-,17+/m0/s1. The SMILES string of the molecule is CC(C)(C)[C@@H](CN1CCOCC1)NC(=O)c1nn(-c2cnccn2)c2c1C[C@@H]1C[C@H]21. The van der Waals surface area contributed by atoms with Crippen molar-refractivity contribution in [2.75, 3.05) is 32.8 Å². The fourth-order valence-corrected chi connectivity index (χ4v) is 4.68. The second-order valence-corrected chi connectivity index (χ2v) is 9.80. The molecular formula is C22H30N6O2. The monoisotopic (exact) mass is 410 g/mol. The Balaban J connectivity index is 1.41.